The molecule has 4 aliphatic rings. The van der Waals surface area contributed by atoms with Crippen molar-refractivity contribution >= 4 is 11.9 Å². The van der Waals surface area contributed by atoms with Crippen molar-refractivity contribution in [1.29, 1.82) is 5.26 Å². The predicted molar refractivity (Wildman–Crippen MR) is 90.0 cm³/mol. The highest BCUT2D eigenvalue weighted by molar-refractivity contribution is 5.83. The summed E-state index contributed by atoms with van der Waals surface area (Å²) in [5, 5.41) is 22.6. The lowest BCUT2D eigenvalue weighted by Crippen LogP contribution is -2.58. The number of ether oxygens (including phenoxy) is 1. The van der Waals surface area contributed by atoms with Crippen molar-refractivity contribution in [3.8, 4) is 6.07 Å². The van der Waals surface area contributed by atoms with Crippen LogP contribution in [0.3, 0.4) is 0 Å². The van der Waals surface area contributed by atoms with E-state index in [2.05, 4.69) is 11.4 Å². The van der Waals surface area contributed by atoms with Crippen molar-refractivity contribution in [3.05, 3.63) is 0 Å². The molecule has 4 aliphatic carbocycles. The minimum atomic E-state index is -0.987. The van der Waals surface area contributed by atoms with Crippen molar-refractivity contribution in [1.82, 2.24) is 5.32 Å². The maximum Gasteiger partial charge on any atom is 0.312 e. The van der Waals surface area contributed by atoms with E-state index in [1.807, 2.05) is 13.8 Å². The average molecular weight is 348 g/mol. The molecule has 2 unspecified atom stereocenters. The highest BCUT2D eigenvalue weighted by atomic mass is 16.5. The molecule has 4 saturated carbocycles. The minimum Gasteiger partial charge on any atom is -0.455 e. The Kier molecular flexibility index (Phi) is 4.35. The van der Waals surface area contributed by atoms with Crippen molar-refractivity contribution < 1.29 is 19.4 Å². The van der Waals surface area contributed by atoms with Crippen LogP contribution in [0.5, 0.6) is 0 Å². The number of aliphatic hydroxyl groups is 1. The van der Waals surface area contributed by atoms with Crippen LogP contribution in [0, 0.1) is 34.5 Å². The first-order valence-corrected chi connectivity index (χ1v) is 9.22. The van der Waals surface area contributed by atoms with E-state index in [1.54, 1.807) is 6.92 Å². The summed E-state index contributed by atoms with van der Waals surface area (Å²) in [6.07, 6.45) is 4.63. The normalized spacial score (nSPS) is 38.1. The molecule has 138 valence electrons. The van der Waals surface area contributed by atoms with E-state index in [1.165, 1.54) is 0 Å². The number of nitriles is 1. The third-order valence-corrected chi connectivity index (χ3v) is 6.58. The number of carbonyl (C=O) groups excluding carboxylic acids is 2. The van der Waals surface area contributed by atoms with Crippen molar-refractivity contribution in [3.63, 3.8) is 0 Å². The molecule has 0 radical (unpaired) electrons. The summed E-state index contributed by atoms with van der Waals surface area (Å²) in [5.74, 6) is -0.117. The largest absolute Gasteiger partial charge is 0.455 e. The summed E-state index contributed by atoms with van der Waals surface area (Å²) in [4.78, 5) is 24.9. The van der Waals surface area contributed by atoms with Gasteiger partial charge < -0.3 is 15.2 Å². The zero-order valence-corrected chi connectivity index (χ0v) is 15.3. The molecule has 2 N–H and O–H groups in total. The molecule has 6 heteroatoms. The van der Waals surface area contributed by atoms with Gasteiger partial charge in [-0.3, -0.25) is 9.59 Å². The monoisotopic (exact) mass is 348 g/mol. The maximum atomic E-state index is 12.7. The number of hydrogen-bond donors (Lipinski definition) is 2. The quantitative estimate of drug-likeness (QED) is 0.740. The van der Waals surface area contributed by atoms with Crippen LogP contribution in [0.25, 0.3) is 0 Å². The fourth-order valence-electron chi connectivity index (χ4n) is 5.36. The minimum absolute atomic E-state index is 0.0606. The fourth-order valence-corrected chi connectivity index (χ4v) is 5.36. The smallest absolute Gasteiger partial charge is 0.312 e. The molecule has 0 aliphatic heterocycles. The van der Waals surface area contributed by atoms with Gasteiger partial charge >= 0.3 is 5.97 Å². The van der Waals surface area contributed by atoms with Crippen LogP contribution in [-0.4, -0.2) is 34.7 Å². The molecule has 0 saturated heterocycles. The van der Waals surface area contributed by atoms with Gasteiger partial charge in [0, 0.05) is 0 Å². The first-order chi connectivity index (χ1) is 11.6. The Labute approximate surface area is 148 Å². The van der Waals surface area contributed by atoms with E-state index in [0.717, 1.165) is 32.1 Å². The van der Waals surface area contributed by atoms with Gasteiger partial charge in [0.25, 0.3) is 5.91 Å². The third kappa shape index (κ3) is 3.27. The summed E-state index contributed by atoms with van der Waals surface area (Å²) in [6.45, 7) is 4.99. The van der Waals surface area contributed by atoms with E-state index in [-0.39, 0.29) is 18.5 Å². The first-order valence-electron chi connectivity index (χ1n) is 9.22. The van der Waals surface area contributed by atoms with Crippen molar-refractivity contribution in [2.45, 2.75) is 70.4 Å². The molecule has 4 rings (SSSR count). The van der Waals surface area contributed by atoms with Crippen LogP contribution in [-0.2, 0) is 14.3 Å². The molecule has 6 nitrogen and oxygen atoms in total. The van der Waals surface area contributed by atoms with Gasteiger partial charge in [0.1, 0.15) is 5.54 Å². The summed E-state index contributed by atoms with van der Waals surface area (Å²) in [5.41, 5.74) is -2.35. The second-order valence-electron chi connectivity index (χ2n) is 9.06. The molecule has 0 spiro atoms. The molecular formula is C19H28N2O4. The lowest BCUT2D eigenvalue weighted by atomic mass is 9.48. The number of hydrogen-bond acceptors (Lipinski definition) is 5. The second kappa shape index (κ2) is 5.98. The molecule has 5 atom stereocenters. The standard InChI is InChI=1S/C19H28N2O4/c1-12(2)17(3,11-20)21-15(22)9-25-16(23)18-5-13-4-14(6-18)8-19(24,7-13)10-18/h12-14,24H,4-10H2,1-3H3,(H,21,22)/t13-,14+,17-,18?,19?/m1/s1. The van der Waals surface area contributed by atoms with Gasteiger partial charge in [-0.05, 0) is 63.2 Å². The summed E-state index contributed by atoms with van der Waals surface area (Å²) in [7, 11) is 0. The molecular weight excluding hydrogens is 320 g/mol. The van der Waals surface area contributed by atoms with Gasteiger partial charge in [0.2, 0.25) is 0 Å². The van der Waals surface area contributed by atoms with Gasteiger partial charge in [-0.15, -0.1) is 0 Å². The lowest BCUT2D eigenvalue weighted by molar-refractivity contribution is -0.196. The summed E-state index contributed by atoms with van der Waals surface area (Å²) < 4.78 is 5.33. The Morgan fingerprint density at radius 1 is 1.32 bits per heavy atom. The highest BCUT2D eigenvalue weighted by Gasteiger charge is 2.60. The molecule has 1 amide bonds. The van der Waals surface area contributed by atoms with Crippen LogP contribution < -0.4 is 5.32 Å². The Morgan fingerprint density at radius 2 is 1.92 bits per heavy atom. The van der Waals surface area contributed by atoms with Gasteiger partial charge in [-0.1, -0.05) is 13.8 Å². The van der Waals surface area contributed by atoms with Crippen LogP contribution in [0.2, 0.25) is 0 Å². The van der Waals surface area contributed by atoms with E-state index in [0.29, 0.717) is 18.3 Å². The van der Waals surface area contributed by atoms with Crippen LogP contribution >= 0.6 is 0 Å². The Hall–Kier alpha value is -1.61. The first kappa shape index (κ1) is 18.2. The van der Waals surface area contributed by atoms with Gasteiger partial charge in [-0.2, -0.15) is 5.26 Å². The molecule has 0 aromatic heterocycles. The highest BCUT2D eigenvalue weighted by Crippen LogP contribution is 2.61. The zero-order chi connectivity index (χ0) is 18.5. The third-order valence-electron chi connectivity index (χ3n) is 6.58. The summed E-state index contributed by atoms with van der Waals surface area (Å²) in [6, 6.07) is 2.10. The Balaban J connectivity index is 1.60. The van der Waals surface area contributed by atoms with Gasteiger partial charge in [-0.25, -0.2) is 0 Å². The summed E-state index contributed by atoms with van der Waals surface area (Å²) >= 11 is 0. The maximum absolute atomic E-state index is 12.7. The molecule has 4 bridgehead atoms. The van der Waals surface area contributed by atoms with E-state index in [9.17, 15) is 20.0 Å². The zero-order valence-electron chi connectivity index (χ0n) is 15.3. The van der Waals surface area contributed by atoms with E-state index < -0.39 is 22.5 Å². The van der Waals surface area contributed by atoms with Crippen LogP contribution in [0.4, 0.5) is 0 Å². The Morgan fingerprint density at radius 3 is 2.40 bits per heavy atom. The van der Waals surface area contributed by atoms with Crippen LogP contribution in [0.1, 0.15) is 59.3 Å². The van der Waals surface area contributed by atoms with E-state index >= 15 is 0 Å². The number of nitrogens with one attached hydrogen (secondary N) is 1. The van der Waals surface area contributed by atoms with Crippen LogP contribution in [0.15, 0.2) is 0 Å². The lowest BCUT2D eigenvalue weighted by Gasteiger charge is -2.58. The number of amides is 1. The molecule has 4 fully saturated rings. The number of carbonyl (C=O) groups is 2. The number of esters is 1. The fraction of sp³-hybridized carbons (Fsp3) is 0.842. The molecule has 0 aromatic carbocycles. The molecule has 0 aromatic rings. The SMILES string of the molecule is CC(C)[C@@](C)(C#N)NC(=O)COC(=O)C12C[C@@H]3C[C@@H](CC(O)(C3)C1)C2. The van der Waals surface area contributed by atoms with Crippen molar-refractivity contribution in [2.24, 2.45) is 23.2 Å². The van der Waals surface area contributed by atoms with Gasteiger partial charge in [0.15, 0.2) is 6.61 Å². The number of nitrogens with zero attached hydrogens (tertiary/aromatic N) is 1. The Bertz CT molecular complexity index is 609. The number of rotatable bonds is 5. The van der Waals surface area contributed by atoms with Crippen molar-refractivity contribution in [2.75, 3.05) is 6.61 Å². The van der Waals surface area contributed by atoms with E-state index in [4.69, 9.17) is 4.74 Å². The molecule has 0 heterocycles. The van der Waals surface area contributed by atoms with Gasteiger partial charge in [0.05, 0.1) is 17.1 Å². The molecule has 25 heavy (non-hydrogen) atoms. The second-order valence-corrected chi connectivity index (χ2v) is 9.06. The average Bonchev–Trinajstić information content (AvgIpc) is 2.49. The topological polar surface area (TPSA) is 99.4 Å². The predicted octanol–water partition coefficient (Wildman–Crippen LogP) is 1.92.